The van der Waals surface area contributed by atoms with E-state index in [2.05, 4.69) is 10.3 Å². The van der Waals surface area contributed by atoms with E-state index in [-0.39, 0.29) is 5.96 Å². The topological polar surface area (TPSA) is 77.5 Å². The molecule has 0 fully saturated rings. The second-order valence-corrected chi connectivity index (χ2v) is 1.93. The minimum Gasteiger partial charge on any atom is -0.274 e. The Bertz CT molecular complexity index is 305. The number of hydrogen-bond donors (Lipinski definition) is 2. The highest BCUT2D eigenvalue weighted by Gasteiger charge is 2.00. The largest absolute Gasteiger partial charge is 0.274 e. The summed E-state index contributed by atoms with van der Waals surface area (Å²) in [5.41, 5.74) is 0. The zero-order valence-electron chi connectivity index (χ0n) is 6.00. The van der Waals surface area contributed by atoms with Crippen LogP contribution in [0.5, 0.6) is 0 Å². The van der Waals surface area contributed by atoms with E-state index in [0.717, 1.165) is 0 Å². The van der Waals surface area contributed by atoms with Crippen molar-refractivity contribution in [3.05, 3.63) is 18.2 Å². The van der Waals surface area contributed by atoms with Crippen molar-refractivity contribution in [2.45, 2.75) is 6.92 Å². The Labute approximate surface area is 63.8 Å². The third-order valence-electron chi connectivity index (χ3n) is 1.24. The lowest BCUT2D eigenvalue weighted by Gasteiger charge is -2.01. The fourth-order valence-electron chi connectivity index (χ4n) is 0.727. The molecule has 0 aliphatic heterocycles. The van der Waals surface area contributed by atoms with Crippen molar-refractivity contribution in [3.63, 3.8) is 0 Å². The van der Waals surface area contributed by atoms with Gasteiger partial charge in [0.2, 0.25) is 5.96 Å². The van der Waals surface area contributed by atoms with Gasteiger partial charge < -0.3 is 0 Å². The Hall–Kier alpha value is -1.83. The quantitative estimate of drug-likeness (QED) is 0.237. The van der Waals surface area contributed by atoms with E-state index < -0.39 is 0 Å². The highest BCUT2D eigenvalue weighted by atomic mass is 15.2. The molecule has 0 atom stereocenters. The highest BCUT2D eigenvalue weighted by molar-refractivity contribution is 5.80. The average molecular weight is 149 g/mol. The number of nitriles is 1. The summed E-state index contributed by atoms with van der Waals surface area (Å²) < 4.78 is 1.48. The van der Waals surface area contributed by atoms with Gasteiger partial charge in [-0.1, -0.05) is 0 Å². The lowest BCUT2D eigenvalue weighted by atomic mass is 10.7. The molecule has 1 heterocycles. The molecule has 2 N–H and O–H groups in total. The Kier molecular flexibility index (Phi) is 1.88. The van der Waals surface area contributed by atoms with Gasteiger partial charge in [-0.15, -0.1) is 0 Å². The summed E-state index contributed by atoms with van der Waals surface area (Å²) in [5, 5.41) is 17.7. The molecule has 0 aromatic carbocycles. The maximum atomic E-state index is 8.19. The molecular weight excluding hydrogens is 142 g/mol. The van der Waals surface area contributed by atoms with E-state index in [0.29, 0.717) is 5.82 Å². The summed E-state index contributed by atoms with van der Waals surface area (Å²) >= 11 is 0. The van der Waals surface area contributed by atoms with Crippen LogP contribution in [-0.4, -0.2) is 15.5 Å². The van der Waals surface area contributed by atoms with E-state index in [1.807, 2.05) is 0 Å². The van der Waals surface area contributed by atoms with E-state index in [4.69, 9.17) is 10.7 Å². The van der Waals surface area contributed by atoms with Crippen LogP contribution in [0.25, 0.3) is 0 Å². The second-order valence-electron chi connectivity index (χ2n) is 1.93. The average Bonchev–Trinajstić information content (AvgIpc) is 2.36. The molecule has 0 unspecified atom stereocenters. The number of rotatable bonds is 0. The Morgan fingerprint density at radius 3 is 3.09 bits per heavy atom. The molecule has 1 aromatic rings. The standard InChI is InChI=1S/C6H7N5/c1-5-9-2-3-11(5)6(8)10-4-7/h2-3H,1H3,(H2,8,10). The van der Waals surface area contributed by atoms with Crippen molar-refractivity contribution in [1.82, 2.24) is 14.9 Å². The van der Waals surface area contributed by atoms with Gasteiger partial charge in [0.05, 0.1) is 0 Å². The van der Waals surface area contributed by atoms with Crippen molar-refractivity contribution >= 4 is 5.96 Å². The molecule has 5 nitrogen and oxygen atoms in total. The monoisotopic (exact) mass is 149 g/mol. The summed E-state index contributed by atoms with van der Waals surface area (Å²) in [6.45, 7) is 1.76. The van der Waals surface area contributed by atoms with Crippen LogP contribution in [0.1, 0.15) is 5.82 Å². The summed E-state index contributed by atoms with van der Waals surface area (Å²) in [7, 11) is 0. The van der Waals surface area contributed by atoms with Gasteiger partial charge in [0, 0.05) is 12.4 Å². The SMILES string of the molecule is Cc1nccn1C(=N)NC#N. The number of hydrogen-bond acceptors (Lipinski definition) is 3. The summed E-state index contributed by atoms with van der Waals surface area (Å²) in [6, 6.07) is 0. The number of aromatic nitrogens is 2. The van der Waals surface area contributed by atoms with Crippen LogP contribution >= 0.6 is 0 Å². The molecule has 0 aliphatic carbocycles. The highest BCUT2D eigenvalue weighted by Crippen LogP contribution is 1.91. The lowest BCUT2D eigenvalue weighted by molar-refractivity contribution is 0.965. The number of aryl methyl sites for hydroxylation is 1. The molecule has 56 valence electrons. The zero-order chi connectivity index (χ0) is 8.27. The van der Waals surface area contributed by atoms with Gasteiger partial charge in [-0.3, -0.25) is 15.3 Å². The first-order valence-electron chi connectivity index (χ1n) is 2.99. The molecule has 0 bridgehead atoms. The fourth-order valence-corrected chi connectivity index (χ4v) is 0.727. The predicted octanol–water partition coefficient (Wildman–Crippen LogP) is 0.0451. The normalized spacial score (nSPS) is 8.73. The first-order valence-corrected chi connectivity index (χ1v) is 2.99. The van der Waals surface area contributed by atoms with Gasteiger partial charge in [-0.25, -0.2) is 4.98 Å². The van der Waals surface area contributed by atoms with E-state index in [1.165, 1.54) is 4.57 Å². The predicted molar refractivity (Wildman–Crippen MR) is 38.8 cm³/mol. The maximum Gasteiger partial charge on any atom is 0.214 e. The number of imidazole rings is 1. The van der Waals surface area contributed by atoms with Crippen LogP contribution in [0.2, 0.25) is 0 Å². The van der Waals surface area contributed by atoms with Gasteiger partial charge in [-0.2, -0.15) is 5.26 Å². The maximum absolute atomic E-state index is 8.19. The van der Waals surface area contributed by atoms with Crippen LogP contribution in [0.4, 0.5) is 0 Å². The fraction of sp³-hybridized carbons (Fsp3) is 0.167. The van der Waals surface area contributed by atoms with Crippen molar-refractivity contribution in [1.29, 1.82) is 10.7 Å². The van der Waals surface area contributed by atoms with Crippen molar-refractivity contribution in [2.75, 3.05) is 0 Å². The Morgan fingerprint density at radius 2 is 2.64 bits per heavy atom. The van der Waals surface area contributed by atoms with Gasteiger partial charge >= 0.3 is 0 Å². The van der Waals surface area contributed by atoms with E-state index >= 15 is 0 Å². The molecule has 0 spiro atoms. The molecule has 0 saturated heterocycles. The molecule has 0 saturated carbocycles. The third kappa shape index (κ3) is 1.35. The zero-order valence-corrected chi connectivity index (χ0v) is 6.00. The number of nitrogens with zero attached hydrogens (tertiary/aromatic N) is 3. The lowest BCUT2D eigenvalue weighted by Crippen LogP contribution is -2.25. The van der Waals surface area contributed by atoms with Crippen LogP contribution in [-0.2, 0) is 0 Å². The third-order valence-corrected chi connectivity index (χ3v) is 1.24. The Balaban J connectivity index is 2.86. The molecule has 11 heavy (non-hydrogen) atoms. The van der Waals surface area contributed by atoms with Gasteiger partial charge in [-0.05, 0) is 6.92 Å². The molecule has 0 aliphatic rings. The second kappa shape index (κ2) is 2.84. The van der Waals surface area contributed by atoms with Crippen molar-refractivity contribution < 1.29 is 0 Å². The van der Waals surface area contributed by atoms with Gasteiger partial charge in [0.25, 0.3) is 0 Å². The van der Waals surface area contributed by atoms with Crippen LogP contribution in [0.15, 0.2) is 12.4 Å². The molecule has 0 radical (unpaired) electrons. The van der Waals surface area contributed by atoms with Crippen molar-refractivity contribution in [3.8, 4) is 6.19 Å². The summed E-state index contributed by atoms with van der Waals surface area (Å²) in [5.74, 6) is 0.695. The Morgan fingerprint density at radius 1 is 1.91 bits per heavy atom. The van der Waals surface area contributed by atoms with Gasteiger partial charge in [0.15, 0.2) is 6.19 Å². The molecule has 1 rings (SSSR count). The van der Waals surface area contributed by atoms with Crippen LogP contribution in [0, 0.1) is 23.8 Å². The minimum absolute atomic E-state index is 0.0162. The summed E-state index contributed by atoms with van der Waals surface area (Å²) in [4.78, 5) is 3.89. The van der Waals surface area contributed by atoms with Gasteiger partial charge in [0.1, 0.15) is 5.82 Å². The molecule has 0 amide bonds. The van der Waals surface area contributed by atoms with E-state index in [9.17, 15) is 0 Å². The molecular formula is C6H7N5. The first kappa shape index (κ1) is 7.28. The molecule has 1 aromatic heterocycles. The van der Waals surface area contributed by atoms with Crippen LogP contribution < -0.4 is 5.32 Å². The van der Waals surface area contributed by atoms with E-state index in [1.54, 1.807) is 25.5 Å². The van der Waals surface area contributed by atoms with Crippen LogP contribution in [0.3, 0.4) is 0 Å². The first-order chi connectivity index (χ1) is 5.25. The number of nitrogens with one attached hydrogen (secondary N) is 2. The smallest absolute Gasteiger partial charge is 0.214 e. The minimum atomic E-state index is 0.0162. The summed E-state index contributed by atoms with van der Waals surface area (Å²) in [6.07, 6.45) is 4.85. The van der Waals surface area contributed by atoms with Crippen molar-refractivity contribution in [2.24, 2.45) is 0 Å². The molecule has 5 heteroatoms.